The number of benzene rings is 2. The molecule has 1 fully saturated rings. The van der Waals surface area contributed by atoms with Crippen molar-refractivity contribution in [1.82, 2.24) is 10.2 Å². The van der Waals surface area contributed by atoms with Gasteiger partial charge >= 0.3 is 6.61 Å². The summed E-state index contributed by atoms with van der Waals surface area (Å²) >= 11 is 0. The molecule has 0 aliphatic carbocycles. The van der Waals surface area contributed by atoms with Gasteiger partial charge < -0.3 is 15.0 Å². The van der Waals surface area contributed by atoms with Crippen LogP contribution in [0.25, 0.3) is 0 Å². The number of rotatable bonds is 5. The Labute approximate surface area is 161 Å². The lowest BCUT2D eigenvalue weighted by Crippen LogP contribution is -2.49. The molecule has 27 heavy (non-hydrogen) atoms. The number of carbonyl (C=O) groups excluding carboxylic acids is 1. The molecule has 1 unspecified atom stereocenters. The molecule has 0 bridgehead atoms. The Balaban J connectivity index is 0.00000261. The minimum atomic E-state index is -2.95. The number of nitrogens with one attached hydrogen (secondary N) is 1. The first-order valence-electron chi connectivity index (χ1n) is 8.33. The molecule has 1 aliphatic rings. The number of alkyl halides is 2. The van der Waals surface area contributed by atoms with Gasteiger partial charge in [-0.3, -0.25) is 4.79 Å². The van der Waals surface area contributed by atoms with E-state index in [2.05, 4.69) is 10.1 Å². The fourth-order valence-corrected chi connectivity index (χ4v) is 3.14. The van der Waals surface area contributed by atoms with Crippen LogP contribution in [0.2, 0.25) is 0 Å². The molecule has 1 saturated heterocycles. The first-order valence-corrected chi connectivity index (χ1v) is 8.33. The van der Waals surface area contributed by atoms with Crippen molar-refractivity contribution in [3.63, 3.8) is 0 Å². The van der Waals surface area contributed by atoms with Crippen molar-refractivity contribution in [3.8, 4) is 5.75 Å². The van der Waals surface area contributed by atoms with Crippen LogP contribution in [0.1, 0.15) is 17.2 Å². The second-order valence-corrected chi connectivity index (χ2v) is 6.03. The van der Waals surface area contributed by atoms with Crippen LogP contribution in [0, 0.1) is 5.82 Å². The van der Waals surface area contributed by atoms with Crippen LogP contribution in [0.3, 0.4) is 0 Å². The van der Waals surface area contributed by atoms with Gasteiger partial charge in [0.05, 0.1) is 12.5 Å². The molecule has 0 radical (unpaired) electrons. The van der Waals surface area contributed by atoms with Crippen LogP contribution >= 0.6 is 12.4 Å². The molecular formula is C19H20ClF3N2O2. The van der Waals surface area contributed by atoms with E-state index in [0.29, 0.717) is 30.8 Å². The number of hydrogen-bond donors (Lipinski definition) is 1. The van der Waals surface area contributed by atoms with Crippen LogP contribution in [0.15, 0.2) is 48.5 Å². The minimum absolute atomic E-state index is 0. The summed E-state index contributed by atoms with van der Waals surface area (Å²) in [5.74, 6) is -0.587. The van der Waals surface area contributed by atoms with Gasteiger partial charge in [0, 0.05) is 25.2 Å². The summed E-state index contributed by atoms with van der Waals surface area (Å²) < 4.78 is 43.2. The molecule has 146 valence electrons. The van der Waals surface area contributed by atoms with Crippen LogP contribution in [0.5, 0.6) is 5.75 Å². The lowest BCUT2D eigenvalue weighted by molar-refractivity contribution is -0.134. The van der Waals surface area contributed by atoms with E-state index in [0.717, 1.165) is 0 Å². The average Bonchev–Trinajstić information content (AvgIpc) is 2.63. The Bertz CT molecular complexity index is 776. The van der Waals surface area contributed by atoms with Crippen LogP contribution in [0.4, 0.5) is 13.2 Å². The molecule has 1 N–H and O–H groups in total. The molecule has 3 rings (SSSR count). The molecule has 1 amide bonds. The van der Waals surface area contributed by atoms with Crippen molar-refractivity contribution < 1.29 is 22.7 Å². The van der Waals surface area contributed by atoms with Gasteiger partial charge in [0.1, 0.15) is 11.6 Å². The minimum Gasteiger partial charge on any atom is -0.435 e. The summed E-state index contributed by atoms with van der Waals surface area (Å²) in [7, 11) is 0. The summed E-state index contributed by atoms with van der Waals surface area (Å²) in [6, 6.07) is 12.1. The van der Waals surface area contributed by atoms with Gasteiger partial charge in [-0.1, -0.05) is 30.3 Å². The van der Waals surface area contributed by atoms with Crippen molar-refractivity contribution in [2.24, 2.45) is 0 Å². The Morgan fingerprint density at radius 3 is 2.74 bits per heavy atom. The van der Waals surface area contributed by atoms with E-state index < -0.39 is 6.61 Å². The first-order chi connectivity index (χ1) is 12.5. The third-order valence-electron chi connectivity index (χ3n) is 4.33. The van der Waals surface area contributed by atoms with Gasteiger partial charge in [-0.25, -0.2) is 4.39 Å². The maximum absolute atomic E-state index is 13.6. The maximum atomic E-state index is 13.6. The smallest absolute Gasteiger partial charge is 0.387 e. The highest BCUT2D eigenvalue weighted by Crippen LogP contribution is 2.26. The van der Waals surface area contributed by atoms with Gasteiger partial charge in [0.15, 0.2) is 0 Å². The number of piperazine rings is 1. The monoisotopic (exact) mass is 400 g/mol. The maximum Gasteiger partial charge on any atom is 0.387 e. The van der Waals surface area contributed by atoms with Crippen LogP contribution in [-0.2, 0) is 11.2 Å². The zero-order chi connectivity index (χ0) is 18.5. The Kier molecular flexibility index (Phi) is 7.50. The van der Waals surface area contributed by atoms with Crippen molar-refractivity contribution in [3.05, 3.63) is 65.5 Å². The quantitative estimate of drug-likeness (QED) is 0.834. The summed E-state index contributed by atoms with van der Waals surface area (Å²) in [4.78, 5) is 14.5. The number of nitrogens with zero attached hydrogens (tertiary/aromatic N) is 1. The molecule has 1 heterocycles. The van der Waals surface area contributed by atoms with E-state index in [1.165, 1.54) is 18.2 Å². The molecule has 1 atom stereocenters. The Morgan fingerprint density at radius 2 is 2.00 bits per heavy atom. The molecule has 1 aliphatic heterocycles. The number of amides is 1. The number of halogens is 4. The fourth-order valence-electron chi connectivity index (χ4n) is 3.14. The summed E-state index contributed by atoms with van der Waals surface area (Å²) in [6.07, 6.45) is -0.0608. The fraction of sp³-hybridized carbons (Fsp3) is 0.316. The molecule has 0 aromatic heterocycles. The number of carbonyl (C=O) groups is 1. The average molecular weight is 401 g/mol. The van der Waals surface area contributed by atoms with Gasteiger partial charge in [0.2, 0.25) is 5.91 Å². The normalized spacial score (nSPS) is 16.7. The molecule has 2 aromatic carbocycles. The molecule has 0 saturated carbocycles. The molecule has 2 aromatic rings. The second-order valence-electron chi connectivity index (χ2n) is 6.03. The first kappa shape index (κ1) is 21.1. The predicted octanol–water partition coefficient (Wildman–Crippen LogP) is 3.56. The third-order valence-corrected chi connectivity index (χ3v) is 4.33. The van der Waals surface area contributed by atoms with E-state index in [-0.39, 0.29) is 42.3 Å². The van der Waals surface area contributed by atoms with E-state index in [9.17, 15) is 18.0 Å². The topological polar surface area (TPSA) is 41.6 Å². The van der Waals surface area contributed by atoms with Gasteiger partial charge in [-0.15, -0.1) is 12.4 Å². The summed E-state index contributed by atoms with van der Waals surface area (Å²) in [5.41, 5.74) is 1.09. The van der Waals surface area contributed by atoms with Crippen molar-refractivity contribution >= 4 is 18.3 Å². The Hall–Kier alpha value is -2.25. The standard InChI is InChI=1S/C19H19F3N2O2.ClH/c20-15-6-3-5-13(10-15)16-12-23-8-9-24(16)18(25)11-14-4-1-2-7-17(14)26-19(21)22;/h1-7,10,16,19,23H,8-9,11-12H2;1H. The van der Waals surface area contributed by atoms with Crippen molar-refractivity contribution in [2.45, 2.75) is 19.1 Å². The highest BCUT2D eigenvalue weighted by molar-refractivity contribution is 5.85. The molecular weight excluding hydrogens is 381 g/mol. The van der Waals surface area contributed by atoms with Crippen LogP contribution in [-0.4, -0.2) is 37.1 Å². The highest BCUT2D eigenvalue weighted by atomic mass is 35.5. The van der Waals surface area contributed by atoms with Gasteiger partial charge in [0.25, 0.3) is 0 Å². The largest absolute Gasteiger partial charge is 0.435 e. The van der Waals surface area contributed by atoms with Gasteiger partial charge in [-0.05, 0) is 23.8 Å². The number of para-hydroxylation sites is 1. The number of ether oxygens (including phenoxy) is 1. The number of hydrogen-bond acceptors (Lipinski definition) is 3. The second kappa shape index (κ2) is 9.62. The van der Waals surface area contributed by atoms with Crippen LogP contribution < -0.4 is 10.1 Å². The van der Waals surface area contributed by atoms with E-state index in [4.69, 9.17) is 0 Å². The van der Waals surface area contributed by atoms with Crippen molar-refractivity contribution in [2.75, 3.05) is 19.6 Å². The molecule has 0 spiro atoms. The molecule has 4 nitrogen and oxygen atoms in total. The Morgan fingerprint density at radius 1 is 1.22 bits per heavy atom. The zero-order valence-corrected chi connectivity index (χ0v) is 15.2. The third kappa shape index (κ3) is 5.37. The highest BCUT2D eigenvalue weighted by Gasteiger charge is 2.28. The zero-order valence-electron chi connectivity index (χ0n) is 14.4. The SMILES string of the molecule is Cl.O=C(Cc1ccccc1OC(F)F)N1CCNCC1c1cccc(F)c1. The lowest BCUT2D eigenvalue weighted by atomic mass is 10.0. The summed E-state index contributed by atoms with van der Waals surface area (Å²) in [5, 5.41) is 3.20. The predicted molar refractivity (Wildman–Crippen MR) is 97.7 cm³/mol. The summed E-state index contributed by atoms with van der Waals surface area (Å²) in [6.45, 7) is -1.37. The van der Waals surface area contributed by atoms with E-state index in [1.807, 2.05) is 0 Å². The van der Waals surface area contributed by atoms with Crippen molar-refractivity contribution in [1.29, 1.82) is 0 Å². The van der Waals surface area contributed by atoms with Gasteiger partial charge in [-0.2, -0.15) is 8.78 Å². The van der Waals surface area contributed by atoms with E-state index >= 15 is 0 Å². The van der Waals surface area contributed by atoms with E-state index in [1.54, 1.807) is 35.2 Å². The lowest BCUT2D eigenvalue weighted by Gasteiger charge is -2.36. The molecule has 8 heteroatoms.